The van der Waals surface area contributed by atoms with Crippen LogP contribution in [-0.4, -0.2) is 0 Å². The highest BCUT2D eigenvalue weighted by Crippen LogP contribution is 2.41. The zero-order chi connectivity index (χ0) is 91.5. The normalized spacial score (nSPS) is 11.0. The molecule has 8 heteroatoms. The lowest BCUT2D eigenvalue weighted by Crippen LogP contribution is -2.41. The van der Waals surface area contributed by atoms with Gasteiger partial charge in [-0.3, -0.25) is 0 Å². The predicted octanol–water partition coefficient (Wildman–Crippen LogP) is 24.0. The van der Waals surface area contributed by atoms with E-state index >= 15 is 0 Å². The Hall–Kier alpha value is -12.3. The minimum absolute atomic E-state index is 1.22. The van der Waals surface area contributed by atoms with E-state index in [-0.39, 0.29) is 0 Å². The van der Waals surface area contributed by atoms with Crippen molar-refractivity contribution in [3.8, 4) is 113 Å². The first-order valence-corrected chi connectivity index (χ1v) is 44.4. The molecular formula is C117H140N8+8. The van der Waals surface area contributed by atoms with Crippen LogP contribution >= 0.6 is 0 Å². The van der Waals surface area contributed by atoms with E-state index in [0.717, 1.165) is 0 Å². The number of hydrogen-bond donors (Lipinski definition) is 0. The van der Waals surface area contributed by atoms with Crippen LogP contribution < -0.4 is 36.5 Å². The SMILES string of the molecule is Cc1cc(C)c(-c2c(C)cc(C)c(-c3cc(C)c(C)c[n+]3C)[n+]2C)cc1C.Cc1cc(C)c(-c2cccc(-c3cc(C)c(C)c[n+]3C)[n+]2C)cc1C.Cc1cc[n+](C)c(-c2c(C)cc(C)c(-c3ccccc3C)c2C)c1.Cc1ccc(-c2c(C)cc(C)c(-c3cc(C)c(C)cc3C)[n+]2C)[n+](C)c1.Cc1ccccc1-c1c(C)cc(C)c(-c2cccc[n+]2C)c1C. The summed E-state index contributed by atoms with van der Waals surface area (Å²) in [5.74, 6) is 0. The van der Waals surface area contributed by atoms with Gasteiger partial charge in [-0.25, -0.2) is 9.13 Å². The second kappa shape index (κ2) is 38.9. The Kier molecular flexibility index (Phi) is 29.1. The molecular weight excluding hydrogens is 1520 g/mol. The highest BCUT2D eigenvalue weighted by Gasteiger charge is 2.33. The van der Waals surface area contributed by atoms with Gasteiger partial charge in [0.1, 0.15) is 56.4 Å². The molecule has 15 aromatic rings. The van der Waals surface area contributed by atoms with Gasteiger partial charge in [0.2, 0.25) is 28.5 Å². The third-order valence-electron chi connectivity index (χ3n) is 26.4. The number of aromatic nitrogens is 8. The van der Waals surface area contributed by atoms with Crippen molar-refractivity contribution >= 4 is 0 Å². The van der Waals surface area contributed by atoms with Gasteiger partial charge < -0.3 is 0 Å². The van der Waals surface area contributed by atoms with Crippen LogP contribution in [0.25, 0.3) is 113 Å². The van der Waals surface area contributed by atoms with E-state index in [0.29, 0.717) is 0 Å². The molecule has 0 aliphatic heterocycles. The van der Waals surface area contributed by atoms with Crippen molar-refractivity contribution in [3.63, 3.8) is 0 Å². The highest BCUT2D eigenvalue weighted by molar-refractivity contribution is 5.84. The fourth-order valence-electron chi connectivity index (χ4n) is 19.2. The van der Waals surface area contributed by atoms with Crippen LogP contribution in [0.5, 0.6) is 0 Å². The number of benzene rings is 7. The Morgan fingerprint density at radius 3 is 0.984 bits per heavy atom. The molecule has 0 aliphatic carbocycles. The van der Waals surface area contributed by atoms with Crippen molar-refractivity contribution in [2.45, 2.75) is 187 Å². The van der Waals surface area contributed by atoms with E-state index in [9.17, 15) is 0 Å². The first-order chi connectivity index (χ1) is 59.0. The molecule has 0 amide bonds. The summed E-state index contributed by atoms with van der Waals surface area (Å²) in [5, 5.41) is 0. The lowest BCUT2D eigenvalue weighted by atomic mass is 9.86. The molecule has 0 fully saturated rings. The van der Waals surface area contributed by atoms with E-state index in [4.69, 9.17) is 0 Å². The summed E-state index contributed by atoms with van der Waals surface area (Å²) in [6.45, 7) is 59.4. The molecule has 0 aliphatic rings. The van der Waals surface area contributed by atoms with Crippen LogP contribution in [0.4, 0.5) is 0 Å². The lowest BCUT2D eigenvalue weighted by Gasteiger charge is -2.18. The third-order valence-corrected chi connectivity index (χ3v) is 26.4. The lowest BCUT2D eigenvalue weighted by molar-refractivity contribution is -0.685. The molecule has 0 saturated carbocycles. The molecule has 0 unspecified atom stereocenters. The number of rotatable bonds is 10. The van der Waals surface area contributed by atoms with Crippen molar-refractivity contribution < 1.29 is 36.5 Å². The van der Waals surface area contributed by atoms with Crippen molar-refractivity contribution in [2.24, 2.45) is 56.4 Å². The molecule has 125 heavy (non-hydrogen) atoms. The fraction of sp³-hybridized carbons (Fsp3) is 0.299. The van der Waals surface area contributed by atoms with E-state index in [1.807, 2.05) is 0 Å². The predicted molar refractivity (Wildman–Crippen MR) is 524 cm³/mol. The summed E-state index contributed by atoms with van der Waals surface area (Å²) in [5.41, 5.74) is 61.8. The quantitative estimate of drug-likeness (QED) is 0.122. The maximum absolute atomic E-state index is 2.38. The zero-order valence-corrected chi connectivity index (χ0v) is 82.3. The molecule has 0 bridgehead atoms. The molecule has 640 valence electrons. The Balaban J connectivity index is 0.000000152. The smallest absolute Gasteiger partial charge is 0.201 e. The van der Waals surface area contributed by atoms with Gasteiger partial charge in [-0.15, -0.1) is 0 Å². The minimum atomic E-state index is 1.22. The van der Waals surface area contributed by atoms with Gasteiger partial charge in [0.15, 0.2) is 31.0 Å². The molecule has 7 aromatic carbocycles. The Bertz CT molecular complexity index is 6470. The van der Waals surface area contributed by atoms with Crippen molar-refractivity contribution in [3.05, 3.63) is 363 Å². The molecule has 0 radical (unpaired) electrons. The van der Waals surface area contributed by atoms with Crippen LogP contribution in [0.3, 0.4) is 0 Å². The van der Waals surface area contributed by atoms with E-state index in [1.165, 1.54) is 263 Å². The molecule has 0 N–H and O–H groups in total. The van der Waals surface area contributed by atoms with Gasteiger partial charge in [-0.05, 0) is 369 Å². The summed E-state index contributed by atoms with van der Waals surface area (Å²) >= 11 is 0. The van der Waals surface area contributed by atoms with E-state index in [1.54, 1.807) is 0 Å². The van der Waals surface area contributed by atoms with E-state index < -0.39 is 0 Å². The minimum Gasteiger partial charge on any atom is -0.201 e. The van der Waals surface area contributed by atoms with Gasteiger partial charge in [0, 0.05) is 110 Å². The van der Waals surface area contributed by atoms with Gasteiger partial charge in [-0.1, -0.05) is 78.9 Å². The van der Waals surface area contributed by atoms with Crippen LogP contribution in [0.2, 0.25) is 0 Å². The largest absolute Gasteiger partial charge is 0.280 e. The van der Waals surface area contributed by atoms with Crippen LogP contribution in [-0.2, 0) is 56.4 Å². The van der Waals surface area contributed by atoms with Crippen LogP contribution in [0.1, 0.15) is 150 Å². The maximum Gasteiger partial charge on any atom is 0.280 e. The van der Waals surface area contributed by atoms with E-state index in [2.05, 4.69) is 493 Å². The standard InChI is InChI=1S/C25H32N2.C24H30N2.C23H28N2.C23H26N.C22H24N/c1-15-10-18(4)22(12-16(15)2)24-19(5)11-20(6)25(27(24)9)23-13-17(3)21(7)14-26(23)8;1-15-9-10-22(25(7)14-15)24-20(6)12-19(5)23(26(24)8)21-13-17(3)16(2)11-18(21)4;1-15-11-18(4)20(12-16(15)2)21-9-8-10-22(25(21)7)23-13-17(3)19(5)14-24(23)6;1-15-11-12-24(6)21(13-15)23-18(4)14-17(3)22(19(23)5)20-10-8-7-9-16(20)2;1-15-10-6-7-11-19(15)21-16(2)14-17(3)22(18(21)4)20-12-8-9-13-23(20)5/h10-14H,1-9H3;9-14H,1-8H3;8-14H,1-7H3;7-14H,1-6H3;6-14H,1-5H3/q3*+2;2*+1. The molecule has 8 nitrogen and oxygen atoms in total. The monoisotopic (exact) mass is 1660 g/mol. The van der Waals surface area contributed by atoms with Gasteiger partial charge in [0.25, 0.3) is 34.2 Å². The summed E-state index contributed by atoms with van der Waals surface area (Å²) in [6, 6.07) is 66.9. The zero-order valence-electron chi connectivity index (χ0n) is 82.3. The first-order valence-electron chi connectivity index (χ1n) is 44.4. The second-order valence-corrected chi connectivity index (χ2v) is 36.4. The van der Waals surface area contributed by atoms with Crippen LogP contribution in [0, 0.1) is 187 Å². The van der Waals surface area contributed by atoms with Gasteiger partial charge in [0.05, 0.1) is 11.1 Å². The number of hydrogen-bond acceptors (Lipinski definition) is 0. The topological polar surface area (TPSA) is 31.0 Å². The molecule has 8 aromatic heterocycles. The number of pyridine rings is 8. The molecule has 0 atom stereocenters. The Morgan fingerprint density at radius 2 is 0.512 bits per heavy atom. The van der Waals surface area contributed by atoms with Gasteiger partial charge >= 0.3 is 0 Å². The van der Waals surface area contributed by atoms with Crippen LogP contribution in [0.15, 0.2) is 213 Å². The first kappa shape index (κ1) is 93.4. The average molecular weight is 1660 g/mol. The molecule has 0 saturated heterocycles. The molecule has 15 rings (SSSR count). The molecule has 0 spiro atoms. The van der Waals surface area contributed by atoms with Crippen molar-refractivity contribution in [2.75, 3.05) is 0 Å². The summed E-state index contributed by atoms with van der Waals surface area (Å²) in [4.78, 5) is 0. The number of aryl methyl sites for hydroxylation is 30. The Morgan fingerprint density at radius 1 is 0.160 bits per heavy atom. The van der Waals surface area contributed by atoms with Crippen molar-refractivity contribution in [1.29, 1.82) is 0 Å². The van der Waals surface area contributed by atoms with Crippen molar-refractivity contribution in [1.82, 2.24) is 0 Å². The maximum atomic E-state index is 2.38. The number of nitrogens with zero attached hydrogens (tertiary/aromatic N) is 8. The summed E-state index contributed by atoms with van der Waals surface area (Å²) in [7, 11) is 17.2. The Labute approximate surface area is 750 Å². The van der Waals surface area contributed by atoms with Gasteiger partial charge in [-0.2, -0.15) is 27.4 Å². The highest BCUT2D eigenvalue weighted by atomic mass is 15.0. The molecule has 8 heterocycles. The third kappa shape index (κ3) is 19.8. The fourth-order valence-corrected chi connectivity index (χ4v) is 19.2. The average Bonchev–Trinajstić information content (AvgIpc) is 0.762. The summed E-state index contributed by atoms with van der Waals surface area (Å²) in [6.07, 6.45) is 10.9. The summed E-state index contributed by atoms with van der Waals surface area (Å²) < 4.78 is 18.2. The second-order valence-electron chi connectivity index (χ2n) is 36.4.